The van der Waals surface area contributed by atoms with E-state index in [1.165, 1.54) is 82.6 Å². The molecule has 6 rings (SSSR count). The highest BCUT2D eigenvalue weighted by atomic mass is 14.3. The molecule has 0 saturated heterocycles. The van der Waals surface area contributed by atoms with Gasteiger partial charge in [-0.3, -0.25) is 0 Å². The van der Waals surface area contributed by atoms with Crippen LogP contribution in [0.5, 0.6) is 0 Å². The first-order valence-electron chi connectivity index (χ1n) is 12.5. The van der Waals surface area contributed by atoms with Crippen LogP contribution in [-0.4, -0.2) is 0 Å². The van der Waals surface area contributed by atoms with Crippen molar-refractivity contribution in [3.8, 4) is 0 Å². The largest absolute Gasteiger partial charge is 0.0626 e. The second-order valence-corrected chi connectivity index (χ2v) is 9.85. The third-order valence-electron chi connectivity index (χ3n) is 7.72. The van der Waals surface area contributed by atoms with Gasteiger partial charge in [-0.15, -0.1) is 0 Å². The molecule has 0 N–H and O–H groups in total. The van der Waals surface area contributed by atoms with Gasteiger partial charge in [0.25, 0.3) is 0 Å². The number of rotatable bonds is 0. The van der Waals surface area contributed by atoms with E-state index in [0.29, 0.717) is 11.8 Å². The lowest BCUT2D eigenvalue weighted by Crippen LogP contribution is -2.00. The minimum Gasteiger partial charge on any atom is -0.0626 e. The maximum absolute atomic E-state index is 3.50. The Morgan fingerprint density at radius 2 is 1.37 bits per heavy atom. The zero-order valence-electron chi connectivity index (χ0n) is 19.5. The fourth-order valence-electron chi connectivity index (χ4n) is 5.94. The highest BCUT2D eigenvalue weighted by molar-refractivity contribution is 5.41. The molecule has 0 fully saturated rings. The molecular weight excluding hydrogens is 360 g/mol. The summed E-state index contributed by atoms with van der Waals surface area (Å²) in [4.78, 5) is 0. The minimum absolute atomic E-state index is 0.630. The summed E-state index contributed by atoms with van der Waals surface area (Å²) in [5.74, 6) is 1.26. The molecule has 0 saturated carbocycles. The molecule has 30 heavy (non-hydrogen) atoms. The summed E-state index contributed by atoms with van der Waals surface area (Å²) >= 11 is 0. The molecule has 0 amide bonds. The van der Waals surface area contributed by atoms with Crippen LogP contribution in [0.25, 0.3) is 0 Å². The lowest BCUT2D eigenvalue weighted by molar-refractivity contribution is 0.640. The summed E-state index contributed by atoms with van der Waals surface area (Å²) < 4.78 is 0. The molecule has 159 valence electrons. The average Bonchev–Trinajstić information content (AvgIpc) is 3.48. The van der Waals surface area contributed by atoms with Gasteiger partial charge in [-0.1, -0.05) is 42.7 Å². The van der Waals surface area contributed by atoms with Crippen molar-refractivity contribution in [2.75, 3.05) is 0 Å². The molecule has 0 heterocycles. The van der Waals surface area contributed by atoms with Crippen molar-refractivity contribution in [2.45, 2.75) is 104 Å². The molecule has 0 heteroatoms. The molecule has 6 aliphatic rings. The topological polar surface area (TPSA) is 0 Å². The van der Waals surface area contributed by atoms with Gasteiger partial charge in [-0.25, -0.2) is 0 Å². The van der Waals surface area contributed by atoms with Crippen molar-refractivity contribution in [3.63, 3.8) is 0 Å². The first kappa shape index (κ1) is 21.7. The molecule has 0 bridgehead atoms. The lowest BCUT2D eigenvalue weighted by atomic mass is 9.88. The van der Waals surface area contributed by atoms with E-state index in [2.05, 4.69) is 51.2 Å². The second kappa shape index (κ2) is 10.2. The molecule has 2 unspecified atom stereocenters. The van der Waals surface area contributed by atoms with E-state index in [1.54, 1.807) is 33.4 Å². The first-order valence-corrected chi connectivity index (χ1v) is 12.5. The third-order valence-corrected chi connectivity index (χ3v) is 7.72. The van der Waals surface area contributed by atoms with E-state index >= 15 is 0 Å². The summed E-state index contributed by atoms with van der Waals surface area (Å²) in [6.07, 6.45) is 32.0. The highest BCUT2D eigenvalue weighted by Gasteiger charge is 2.23. The van der Waals surface area contributed by atoms with Crippen LogP contribution in [0.15, 0.2) is 51.2 Å². The quantitative estimate of drug-likeness (QED) is 0.382. The van der Waals surface area contributed by atoms with Crippen molar-refractivity contribution in [2.24, 2.45) is 11.8 Å². The SMILES string of the molecule is CC1=[C]C(C)C2=C1CCCC2.CC1[C]=CC2=C1CCCC2.[C]1=CC2=C(C1)CCCC2. The lowest BCUT2D eigenvalue weighted by Gasteiger charge is -2.17. The monoisotopic (exact) mass is 399 g/mol. The fraction of sp³-hybridized carbons (Fsp3) is 0.600. The fourth-order valence-corrected chi connectivity index (χ4v) is 5.94. The predicted octanol–water partition coefficient (Wildman–Crippen LogP) is 8.74. The van der Waals surface area contributed by atoms with Crippen LogP contribution in [0.2, 0.25) is 0 Å². The summed E-state index contributed by atoms with van der Waals surface area (Å²) in [7, 11) is 0. The molecule has 0 aliphatic heterocycles. The Morgan fingerprint density at radius 3 is 2.10 bits per heavy atom. The molecular formula is C30H39. The van der Waals surface area contributed by atoms with Gasteiger partial charge >= 0.3 is 0 Å². The van der Waals surface area contributed by atoms with Crippen molar-refractivity contribution < 1.29 is 0 Å². The molecule has 0 aromatic heterocycles. The van der Waals surface area contributed by atoms with Crippen LogP contribution in [0.1, 0.15) is 104 Å². The minimum atomic E-state index is 0.630. The third kappa shape index (κ3) is 5.01. The Kier molecular flexibility index (Phi) is 7.34. The van der Waals surface area contributed by atoms with Crippen LogP contribution < -0.4 is 0 Å². The van der Waals surface area contributed by atoms with E-state index in [9.17, 15) is 0 Å². The normalized spacial score (nSPS) is 29.0. The van der Waals surface area contributed by atoms with E-state index in [4.69, 9.17) is 0 Å². The summed E-state index contributed by atoms with van der Waals surface area (Å²) in [5, 5.41) is 0. The maximum atomic E-state index is 3.50. The van der Waals surface area contributed by atoms with Crippen LogP contribution in [0, 0.1) is 30.1 Å². The predicted molar refractivity (Wildman–Crippen MR) is 127 cm³/mol. The highest BCUT2D eigenvalue weighted by Crippen LogP contribution is 2.39. The maximum Gasteiger partial charge on any atom is 0.00315 e. The molecule has 2 atom stereocenters. The molecule has 0 nitrogen and oxygen atoms in total. The van der Waals surface area contributed by atoms with Gasteiger partial charge in [0.2, 0.25) is 0 Å². The Morgan fingerprint density at radius 1 is 0.700 bits per heavy atom. The van der Waals surface area contributed by atoms with Crippen molar-refractivity contribution >= 4 is 0 Å². The van der Waals surface area contributed by atoms with Crippen LogP contribution in [0.3, 0.4) is 0 Å². The van der Waals surface area contributed by atoms with Gasteiger partial charge in [0.1, 0.15) is 0 Å². The van der Waals surface area contributed by atoms with Crippen molar-refractivity contribution in [1.29, 1.82) is 0 Å². The van der Waals surface area contributed by atoms with Gasteiger partial charge in [-0.2, -0.15) is 0 Å². The zero-order valence-corrected chi connectivity index (χ0v) is 19.5. The Hall–Kier alpha value is -1.56. The molecule has 0 aromatic carbocycles. The van der Waals surface area contributed by atoms with Gasteiger partial charge in [0.05, 0.1) is 0 Å². The molecule has 6 aliphatic carbocycles. The van der Waals surface area contributed by atoms with E-state index < -0.39 is 0 Å². The van der Waals surface area contributed by atoms with E-state index in [1.807, 2.05) is 0 Å². The average molecular weight is 400 g/mol. The first-order chi connectivity index (χ1) is 14.6. The van der Waals surface area contributed by atoms with Gasteiger partial charge in [-0.05, 0) is 131 Å². The smallest absolute Gasteiger partial charge is 0.00315 e. The van der Waals surface area contributed by atoms with Crippen LogP contribution in [0.4, 0.5) is 0 Å². The second-order valence-electron chi connectivity index (χ2n) is 9.85. The molecule has 0 spiro atoms. The van der Waals surface area contributed by atoms with Gasteiger partial charge < -0.3 is 0 Å². The summed E-state index contributed by atoms with van der Waals surface area (Å²) in [6.45, 7) is 6.74. The van der Waals surface area contributed by atoms with Crippen molar-refractivity contribution in [3.05, 3.63) is 69.4 Å². The number of hydrogen-bond acceptors (Lipinski definition) is 0. The zero-order chi connectivity index (χ0) is 20.9. The Bertz CT molecular complexity index is 820. The van der Waals surface area contributed by atoms with Gasteiger partial charge in [0, 0.05) is 11.8 Å². The Balaban J connectivity index is 0.000000109. The van der Waals surface area contributed by atoms with E-state index in [0.717, 1.165) is 6.42 Å². The number of hydrogen-bond donors (Lipinski definition) is 0. The van der Waals surface area contributed by atoms with Gasteiger partial charge in [0.15, 0.2) is 0 Å². The summed E-state index contributed by atoms with van der Waals surface area (Å²) in [6, 6.07) is 0. The molecule has 0 aromatic rings. The van der Waals surface area contributed by atoms with Crippen LogP contribution in [-0.2, 0) is 0 Å². The Labute approximate surface area is 185 Å². The molecule has 3 radical (unpaired) electrons. The van der Waals surface area contributed by atoms with Crippen molar-refractivity contribution in [1.82, 2.24) is 0 Å². The number of allylic oxidation sites excluding steroid dienone is 12. The van der Waals surface area contributed by atoms with E-state index in [-0.39, 0.29) is 0 Å². The van der Waals surface area contributed by atoms with Crippen LogP contribution >= 0.6 is 0 Å². The standard InChI is InChI=1S/C11H15.C10H13.C9H11/c1-8-7-9(2)11-6-4-3-5-10(8)11;1-8-6-7-9-4-2-3-5-10(8)9;1-2-5-9-7-3-6-8(9)4-1/h8H,3-6H2,1-2H3;7-8H,2-5H2,1H3;6H,1-2,4-5,7H2. The summed E-state index contributed by atoms with van der Waals surface area (Å²) in [5.41, 5.74) is 11.3.